The number of carbonyl (C=O) groups is 2. The van der Waals surface area contributed by atoms with E-state index in [1.54, 1.807) is 30.3 Å². The molecule has 0 unspecified atom stereocenters. The van der Waals surface area contributed by atoms with Crippen LogP contribution in [0.5, 0.6) is 0 Å². The molecule has 0 amide bonds. The molecular weight excluding hydrogens is 236 g/mol. The number of halogens is 1. The second kappa shape index (κ2) is 3.54. The maximum absolute atomic E-state index is 11.9. The Balaban J connectivity index is 2.41. The van der Waals surface area contributed by atoms with E-state index in [9.17, 15) is 9.59 Å². The average Bonchev–Trinajstić information content (AvgIpc) is 2.36. The highest BCUT2D eigenvalue weighted by molar-refractivity contribution is 6.53. The third-order valence-corrected chi connectivity index (χ3v) is 3.13. The van der Waals surface area contributed by atoms with E-state index >= 15 is 0 Å². The van der Waals surface area contributed by atoms with Crippen LogP contribution in [-0.2, 0) is 0 Å². The molecular formula is C14H7ClO2. The zero-order valence-corrected chi connectivity index (χ0v) is 9.49. The van der Waals surface area contributed by atoms with E-state index in [4.69, 9.17) is 11.6 Å². The molecule has 2 aromatic carbocycles. The van der Waals surface area contributed by atoms with Crippen LogP contribution >= 0.6 is 11.6 Å². The molecule has 0 N–H and O–H groups in total. The summed E-state index contributed by atoms with van der Waals surface area (Å²) in [5.41, 5.74) is 2.39. The third kappa shape index (κ3) is 1.41. The van der Waals surface area contributed by atoms with E-state index in [1.807, 2.05) is 12.1 Å². The van der Waals surface area contributed by atoms with Crippen molar-refractivity contribution in [3.05, 3.63) is 58.6 Å². The fraction of sp³-hybridized carbons (Fsp3) is 0. The summed E-state index contributed by atoms with van der Waals surface area (Å²) in [5.74, 6) is -0.911. The third-order valence-electron chi connectivity index (χ3n) is 2.89. The van der Waals surface area contributed by atoms with Crippen molar-refractivity contribution in [1.82, 2.24) is 0 Å². The van der Waals surface area contributed by atoms with Crippen LogP contribution in [0, 0.1) is 0 Å². The Labute approximate surface area is 103 Å². The van der Waals surface area contributed by atoms with Gasteiger partial charge in [0, 0.05) is 16.1 Å². The highest BCUT2D eigenvalue weighted by atomic mass is 35.5. The predicted octanol–water partition coefficient (Wildman–Crippen LogP) is 3.39. The van der Waals surface area contributed by atoms with E-state index in [2.05, 4.69) is 0 Å². The number of fused-ring (bicyclic) bond motifs is 3. The van der Waals surface area contributed by atoms with Gasteiger partial charge in [-0.1, -0.05) is 35.9 Å². The van der Waals surface area contributed by atoms with Gasteiger partial charge in [0.05, 0.1) is 0 Å². The maximum atomic E-state index is 11.9. The first-order valence-electron chi connectivity index (χ1n) is 5.16. The lowest BCUT2D eigenvalue weighted by atomic mass is 9.84. The van der Waals surface area contributed by atoms with Crippen LogP contribution in [0.1, 0.15) is 20.7 Å². The molecule has 1 aliphatic carbocycles. The Hall–Kier alpha value is -1.93. The van der Waals surface area contributed by atoms with Crippen molar-refractivity contribution < 1.29 is 9.59 Å². The highest BCUT2D eigenvalue weighted by Gasteiger charge is 2.29. The summed E-state index contributed by atoms with van der Waals surface area (Å²) in [5, 5.41) is 0.556. The zero-order valence-electron chi connectivity index (χ0n) is 8.74. The van der Waals surface area contributed by atoms with Gasteiger partial charge in [-0.15, -0.1) is 0 Å². The maximum Gasteiger partial charge on any atom is 0.234 e. The molecule has 0 atom stereocenters. The van der Waals surface area contributed by atoms with E-state index in [-0.39, 0.29) is 0 Å². The van der Waals surface area contributed by atoms with E-state index in [0.29, 0.717) is 16.1 Å². The van der Waals surface area contributed by atoms with E-state index in [1.165, 1.54) is 0 Å². The lowest BCUT2D eigenvalue weighted by molar-refractivity contribution is 0.0815. The van der Waals surface area contributed by atoms with Crippen LogP contribution in [0.3, 0.4) is 0 Å². The van der Waals surface area contributed by atoms with Gasteiger partial charge in [0.2, 0.25) is 11.6 Å². The summed E-state index contributed by atoms with van der Waals surface area (Å²) in [4.78, 5) is 23.8. The van der Waals surface area contributed by atoms with Gasteiger partial charge in [-0.05, 0) is 29.3 Å². The number of carbonyl (C=O) groups excluding carboxylic acids is 2. The van der Waals surface area contributed by atoms with Gasteiger partial charge in [-0.3, -0.25) is 9.59 Å². The molecule has 1 aliphatic rings. The molecule has 2 nitrogen and oxygen atoms in total. The van der Waals surface area contributed by atoms with Gasteiger partial charge >= 0.3 is 0 Å². The standard InChI is InChI=1S/C14H7ClO2/c15-8-5-6-11-12(7-8)9-3-1-2-4-10(9)13(16)14(11)17/h1-7H. The van der Waals surface area contributed by atoms with Gasteiger partial charge in [-0.2, -0.15) is 0 Å². The molecule has 0 aromatic heterocycles. The first-order chi connectivity index (χ1) is 8.18. The minimum absolute atomic E-state index is 0.429. The second-order valence-corrected chi connectivity index (χ2v) is 4.33. The molecule has 3 heteroatoms. The molecule has 17 heavy (non-hydrogen) atoms. The number of rotatable bonds is 0. The van der Waals surface area contributed by atoms with Crippen LogP contribution in [0.25, 0.3) is 11.1 Å². The van der Waals surface area contributed by atoms with E-state index < -0.39 is 11.6 Å². The first kappa shape index (κ1) is 10.2. The Morgan fingerprint density at radius 2 is 1.29 bits per heavy atom. The average molecular weight is 243 g/mol. The van der Waals surface area contributed by atoms with Crippen molar-refractivity contribution in [3.63, 3.8) is 0 Å². The Kier molecular flexibility index (Phi) is 2.13. The van der Waals surface area contributed by atoms with Crippen molar-refractivity contribution >= 4 is 23.2 Å². The molecule has 82 valence electrons. The molecule has 0 aliphatic heterocycles. The largest absolute Gasteiger partial charge is 0.285 e. The lowest BCUT2D eigenvalue weighted by Crippen LogP contribution is -2.20. The topological polar surface area (TPSA) is 34.1 Å². The van der Waals surface area contributed by atoms with Crippen molar-refractivity contribution in [2.75, 3.05) is 0 Å². The number of benzene rings is 2. The van der Waals surface area contributed by atoms with Gasteiger partial charge in [0.1, 0.15) is 0 Å². The molecule has 0 saturated carbocycles. The summed E-state index contributed by atoms with van der Waals surface area (Å²) < 4.78 is 0. The highest BCUT2D eigenvalue weighted by Crippen LogP contribution is 2.34. The first-order valence-corrected chi connectivity index (χ1v) is 5.54. The van der Waals surface area contributed by atoms with Crippen LogP contribution in [-0.4, -0.2) is 11.6 Å². The van der Waals surface area contributed by atoms with Crippen LogP contribution in [0.4, 0.5) is 0 Å². The molecule has 2 aromatic rings. The summed E-state index contributed by atoms with van der Waals surface area (Å²) in [6.45, 7) is 0. The molecule has 3 rings (SSSR count). The van der Waals surface area contributed by atoms with E-state index in [0.717, 1.165) is 11.1 Å². The zero-order chi connectivity index (χ0) is 12.0. The fourth-order valence-electron chi connectivity index (χ4n) is 2.10. The molecule has 0 heterocycles. The van der Waals surface area contributed by atoms with Crippen molar-refractivity contribution in [2.24, 2.45) is 0 Å². The summed E-state index contributed by atoms with van der Waals surface area (Å²) in [6.07, 6.45) is 0. The molecule has 0 radical (unpaired) electrons. The van der Waals surface area contributed by atoms with Crippen LogP contribution in [0.2, 0.25) is 5.02 Å². The SMILES string of the molecule is O=C1C(=O)c2ccc(Cl)cc2-c2ccccc21. The minimum atomic E-state index is -0.463. The lowest BCUT2D eigenvalue weighted by Gasteiger charge is -2.17. The van der Waals surface area contributed by atoms with Gasteiger partial charge in [-0.25, -0.2) is 0 Å². The molecule has 0 spiro atoms. The number of hydrogen-bond donors (Lipinski definition) is 0. The van der Waals surface area contributed by atoms with Gasteiger partial charge in [0.25, 0.3) is 0 Å². The van der Waals surface area contributed by atoms with Gasteiger partial charge in [0.15, 0.2) is 0 Å². The Bertz CT molecular complexity index is 659. The number of Topliss-reactive ketones (excluding diaryl/α,β-unsaturated/α-hetero) is 2. The van der Waals surface area contributed by atoms with Crippen LogP contribution < -0.4 is 0 Å². The fourth-order valence-corrected chi connectivity index (χ4v) is 2.27. The summed E-state index contributed by atoms with van der Waals surface area (Å²) in [7, 11) is 0. The number of ketones is 2. The predicted molar refractivity (Wildman–Crippen MR) is 65.5 cm³/mol. The molecule has 0 fully saturated rings. The molecule has 0 saturated heterocycles. The second-order valence-electron chi connectivity index (χ2n) is 3.89. The monoisotopic (exact) mass is 242 g/mol. The van der Waals surface area contributed by atoms with Crippen molar-refractivity contribution in [3.8, 4) is 11.1 Å². The summed E-state index contributed by atoms with van der Waals surface area (Å²) >= 11 is 5.93. The Morgan fingerprint density at radius 3 is 2.00 bits per heavy atom. The molecule has 0 bridgehead atoms. The normalized spacial score (nSPS) is 13.2. The minimum Gasteiger partial charge on any atom is -0.285 e. The smallest absolute Gasteiger partial charge is 0.234 e. The van der Waals surface area contributed by atoms with Gasteiger partial charge < -0.3 is 0 Å². The number of hydrogen-bond acceptors (Lipinski definition) is 2. The quantitative estimate of drug-likeness (QED) is 0.664. The van der Waals surface area contributed by atoms with Crippen LogP contribution in [0.15, 0.2) is 42.5 Å². The Morgan fingerprint density at radius 1 is 0.706 bits per heavy atom. The van der Waals surface area contributed by atoms with Crippen molar-refractivity contribution in [1.29, 1.82) is 0 Å². The van der Waals surface area contributed by atoms with Crippen molar-refractivity contribution in [2.45, 2.75) is 0 Å². The summed E-state index contributed by atoms with van der Waals surface area (Å²) in [6, 6.07) is 12.0.